The van der Waals surface area contributed by atoms with E-state index in [0.717, 1.165) is 60.8 Å². The molecule has 2 aromatic rings. The van der Waals surface area contributed by atoms with Crippen molar-refractivity contribution in [1.82, 2.24) is 10.2 Å². The number of nitrogens with one attached hydrogen (secondary N) is 2. The highest BCUT2D eigenvalue weighted by atomic mass is 35.5. The summed E-state index contributed by atoms with van der Waals surface area (Å²) in [5.41, 5.74) is 2.74. The van der Waals surface area contributed by atoms with Crippen LogP contribution in [0.25, 0.3) is 0 Å². The molecule has 1 amide bonds. The zero-order chi connectivity index (χ0) is 21.3. The Morgan fingerprint density at radius 2 is 1.77 bits per heavy atom. The van der Waals surface area contributed by atoms with E-state index in [1.165, 1.54) is 6.42 Å². The second kappa shape index (κ2) is 11.8. The second-order valence-corrected chi connectivity index (χ2v) is 9.44. The first-order valence-electron chi connectivity index (χ1n) is 9.99. The van der Waals surface area contributed by atoms with E-state index >= 15 is 0 Å². The molecule has 1 fully saturated rings. The van der Waals surface area contributed by atoms with Crippen LogP contribution in [0.4, 0.5) is 5.69 Å². The maximum absolute atomic E-state index is 12.5. The van der Waals surface area contributed by atoms with E-state index in [0.29, 0.717) is 15.2 Å². The quantitative estimate of drug-likeness (QED) is 0.384. The Labute approximate surface area is 197 Å². The standard InChI is InChI=1S/C22H25Cl2N3OS2/c23-19-9-4-16(14-20(19)24)15-30-13-10-25-22(29)26-18-7-5-17(6-8-18)21(28)27-11-2-1-3-12-27/h4-9,14H,1-3,10-13,15H2,(H2,25,26,29). The summed E-state index contributed by atoms with van der Waals surface area (Å²) in [4.78, 5) is 14.5. The fourth-order valence-electron chi connectivity index (χ4n) is 3.21. The molecule has 0 aromatic heterocycles. The average molecular weight is 483 g/mol. The number of likely N-dealkylation sites (tertiary alicyclic amines) is 1. The van der Waals surface area contributed by atoms with Gasteiger partial charge in [0.15, 0.2) is 5.11 Å². The predicted octanol–water partition coefficient (Wildman–Crippen LogP) is 5.84. The number of amides is 1. The SMILES string of the molecule is O=C(c1ccc(NC(=S)NCCSCc2ccc(Cl)c(Cl)c2)cc1)N1CCCCC1. The molecule has 3 rings (SSSR count). The normalized spacial score (nSPS) is 13.7. The molecule has 2 N–H and O–H groups in total. The largest absolute Gasteiger partial charge is 0.362 e. The van der Waals surface area contributed by atoms with Crippen LogP contribution in [0.1, 0.15) is 35.2 Å². The van der Waals surface area contributed by atoms with Gasteiger partial charge in [0.05, 0.1) is 10.0 Å². The first-order chi connectivity index (χ1) is 14.5. The predicted molar refractivity (Wildman–Crippen MR) is 133 cm³/mol. The molecule has 1 heterocycles. The number of benzene rings is 2. The smallest absolute Gasteiger partial charge is 0.253 e. The van der Waals surface area contributed by atoms with Gasteiger partial charge in [-0.2, -0.15) is 11.8 Å². The van der Waals surface area contributed by atoms with Gasteiger partial charge in [0.2, 0.25) is 0 Å². The van der Waals surface area contributed by atoms with Crippen molar-refractivity contribution in [2.24, 2.45) is 0 Å². The second-order valence-electron chi connectivity index (χ2n) is 7.11. The van der Waals surface area contributed by atoms with E-state index in [1.807, 2.05) is 47.4 Å². The summed E-state index contributed by atoms with van der Waals surface area (Å²) in [6.45, 7) is 2.47. The van der Waals surface area contributed by atoms with E-state index in [9.17, 15) is 4.79 Å². The molecule has 2 aromatic carbocycles. The zero-order valence-electron chi connectivity index (χ0n) is 16.6. The summed E-state index contributed by atoms with van der Waals surface area (Å²) in [5, 5.41) is 8.10. The molecule has 1 aliphatic rings. The van der Waals surface area contributed by atoms with Crippen molar-refractivity contribution >= 4 is 63.9 Å². The van der Waals surface area contributed by atoms with Crippen LogP contribution in [0.5, 0.6) is 0 Å². The molecule has 0 unspecified atom stereocenters. The Hall–Kier alpha value is -1.47. The Bertz CT molecular complexity index is 871. The molecule has 0 radical (unpaired) electrons. The van der Waals surface area contributed by atoms with Crippen molar-refractivity contribution in [3.8, 4) is 0 Å². The summed E-state index contributed by atoms with van der Waals surface area (Å²) in [6, 6.07) is 13.2. The number of anilines is 1. The van der Waals surface area contributed by atoms with Crippen molar-refractivity contribution in [1.29, 1.82) is 0 Å². The van der Waals surface area contributed by atoms with Crippen LogP contribution in [-0.4, -0.2) is 41.3 Å². The van der Waals surface area contributed by atoms with Gasteiger partial charge in [-0.15, -0.1) is 0 Å². The van der Waals surface area contributed by atoms with Crippen LogP contribution in [0.15, 0.2) is 42.5 Å². The molecule has 0 bridgehead atoms. The summed E-state index contributed by atoms with van der Waals surface area (Å²) >= 11 is 19.1. The van der Waals surface area contributed by atoms with Crippen molar-refractivity contribution in [2.75, 3.05) is 30.7 Å². The summed E-state index contributed by atoms with van der Waals surface area (Å²) in [6.07, 6.45) is 3.40. The molecule has 4 nitrogen and oxygen atoms in total. The van der Waals surface area contributed by atoms with Gasteiger partial charge in [0.25, 0.3) is 5.91 Å². The molecule has 0 saturated carbocycles. The average Bonchev–Trinajstić information content (AvgIpc) is 2.76. The van der Waals surface area contributed by atoms with Gasteiger partial charge in [-0.05, 0) is 73.4 Å². The number of thioether (sulfide) groups is 1. The number of carbonyl (C=O) groups excluding carboxylic acids is 1. The van der Waals surface area contributed by atoms with Crippen LogP contribution < -0.4 is 10.6 Å². The Kier molecular flexibility index (Phi) is 9.12. The summed E-state index contributed by atoms with van der Waals surface area (Å²) < 4.78 is 0. The Morgan fingerprint density at radius 3 is 2.47 bits per heavy atom. The van der Waals surface area contributed by atoms with Gasteiger partial charge in [-0.1, -0.05) is 29.3 Å². The highest BCUT2D eigenvalue weighted by Gasteiger charge is 2.17. The third-order valence-electron chi connectivity index (χ3n) is 4.82. The first kappa shape index (κ1) is 23.2. The van der Waals surface area contributed by atoms with Crippen molar-refractivity contribution in [3.63, 3.8) is 0 Å². The molecule has 8 heteroatoms. The van der Waals surface area contributed by atoms with Crippen molar-refractivity contribution < 1.29 is 4.79 Å². The van der Waals surface area contributed by atoms with E-state index < -0.39 is 0 Å². The van der Waals surface area contributed by atoms with Gasteiger partial charge >= 0.3 is 0 Å². The molecule has 0 spiro atoms. The number of piperidine rings is 1. The third-order valence-corrected chi connectivity index (χ3v) is 6.83. The fourth-order valence-corrected chi connectivity index (χ4v) is 4.55. The molecule has 30 heavy (non-hydrogen) atoms. The zero-order valence-corrected chi connectivity index (χ0v) is 19.8. The van der Waals surface area contributed by atoms with E-state index in [4.69, 9.17) is 35.4 Å². The maximum Gasteiger partial charge on any atom is 0.253 e. The minimum atomic E-state index is 0.112. The lowest BCUT2D eigenvalue weighted by molar-refractivity contribution is 0.0724. The highest BCUT2D eigenvalue weighted by Crippen LogP contribution is 2.24. The number of nitrogens with zero attached hydrogens (tertiary/aromatic N) is 1. The van der Waals surface area contributed by atoms with Crippen LogP contribution in [0, 0.1) is 0 Å². The van der Waals surface area contributed by atoms with E-state index in [2.05, 4.69) is 10.6 Å². The third kappa shape index (κ3) is 7.05. The van der Waals surface area contributed by atoms with Gasteiger partial charge in [0.1, 0.15) is 0 Å². The Morgan fingerprint density at radius 1 is 1.03 bits per heavy atom. The molecule has 0 atom stereocenters. The molecule has 1 saturated heterocycles. The molecule has 0 aliphatic carbocycles. The monoisotopic (exact) mass is 481 g/mol. The first-order valence-corrected chi connectivity index (χ1v) is 12.3. The van der Waals surface area contributed by atoms with Crippen molar-refractivity contribution in [3.05, 3.63) is 63.6 Å². The van der Waals surface area contributed by atoms with Gasteiger partial charge < -0.3 is 15.5 Å². The molecule has 1 aliphatic heterocycles. The lowest BCUT2D eigenvalue weighted by Crippen LogP contribution is -2.35. The number of carbonyl (C=O) groups is 1. The lowest BCUT2D eigenvalue weighted by Gasteiger charge is -2.26. The maximum atomic E-state index is 12.5. The van der Waals surface area contributed by atoms with Gasteiger partial charge in [-0.25, -0.2) is 0 Å². The number of hydrogen-bond acceptors (Lipinski definition) is 3. The topological polar surface area (TPSA) is 44.4 Å². The summed E-state index contributed by atoms with van der Waals surface area (Å²) in [5.74, 6) is 1.89. The lowest BCUT2D eigenvalue weighted by atomic mass is 10.1. The van der Waals surface area contributed by atoms with Crippen LogP contribution >= 0.6 is 47.2 Å². The highest BCUT2D eigenvalue weighted by molar-refractivity contribution is 7.98. The van der Waals surface area contributed by atoms with Crippen molar-refractivity contribution in [2.45, 2.75) is 25.0 Å². The van der Waals surface area contributed by atoms with Gasteiger partial charge in [0, 0.05) is 42.4 Å². The fraction of sp³-hybridized carbons (Fsp3) is 0.364. The number of rotatable bonds is 7. The van der Waals surface area contributed by atoms with E-state index in [-0.39, 0.29) is 5.91 Å². The number of hydrogen-bond donors (Lipinski definition) is 2. The van der Waals surface area contributed by atoms with Gasteiger partial charge in [-0.3, -0.25) is 4.79 Å². The summed E-state index contributed by atoms with van der Waals surface area (Å²) in [7, 11) is 0. The minimum Gasteiger partial charge on any atom is -0.362 e. The molecule has 160 valence electrons. The Balaban J connectivity index is 1.36. The minimum absolute atomic E-state index is 0.112. The van der Waals surface area contributed by atoms with Crippen LogP contribution in [0.3, 0.4) is 0 Å². The van der Waals surface area contributed by atoms with Crippen LogP contribution in [-0.2, 0) is 5.75 Å². The molecular weight excluding hydrogens is 457 g/mol. The van der Waals surface area contributed by atoms with E-state index in [1.54, 1.807) is 11.8 Å². The van der Waals surface area contributed by atoms with Crippen LogP contribution in [0.2, 0.25) is 10.0 Å². The number of thiocarbonyl (C=S) groups is 1. The molecular formula is C22H25Cl2N3OS2. The number of halogens is 2.